The molecule has 3 rings (SSSR count). The molecular weight excluding hydrogens is 276 g/mol. The number of amides is 2. The quantitative estimate of drug-likeness (QED) is 0.778. The third-order valence-corrected chi connectivity index (χ3v) is 3.61. The lowest BCUT2D eigenvalue weighted by molar-refractivity contribution is 0.0565. The number of ether oxygens (including phenoxy) is 2. The number of carbonyl (C=O) groups is 2. The first-order valence-electron chi connectivity index (χ1n) is 7.10. The van der Waals surface area contributed by atoms with Gasteiger partial charge in [0.25, 0.3) is 5.91 Å². The van der Waals surface area contributed by atoms with Gasteiger partial charge < -0.3 is 19.3 Å². The average molecular weight is 294 g/mol. The van der Waals surface area contributed by atoms with Crippen LogP contribution >= 0.6 is 0 Å². The maximum atomic E-state index is 12.4. The molecule has 0 radical (unpaired) electrons. The smallest absolute Gasteiger partial charge is 0.409 e. The lowest BCUT2D eigenvalue weighted by atomic mass is 10.3. The first-order chi connectivity index (χ1) is 10.2. The third kappa shape index (κ3) is 2.65. The van der Waals surface area contributed by atoms with Crippen LogP contribution in [0.5, 0.6) is 5.88 Å². The van der Waals surface area contributed by atoms with Crippen LogP contribution in [0.4, 0.5) is 4.79 Å². The van der Waals surface area contributed by atoms with E-state index < -0.39 is 0 Å². The minimum Gasteiger partial charge on any atom is -0.476 e. The fourth-order valence-corrected chi connectivity index (χ4v) is 2.49. The topological polar surface area (TPSA) is 76.9 Å². The van der Waals surface area contributed by atoms with Crippen LogP contribution in [0.25, 0.3) is 0 Å². The van der Waals surface area contributed by atoms with Gasteiger partial charge >= 0.3 is 6.09 Å². The van der Waals surface area contributed by atoms with Crippen molar-refractivity contribution in [3.63, 3.8) is 0 Å². The Morgan fingerprint density at radius 3 is 2.62 bits per heavy atom. The molecule has 0 atom stereocenters. The van der Waals surface area contributed by atoms with Crippen molar-refractivity contribution in [2.24, 2.45) is 0 Å². The molecule has 1 fully saturated rings. The lowest BCUT2D eigenvalue weighted by Crippen LogP contribution is -2.50. The minimum atomic E-state index is -0.320. The highest BCUT2D eigenvalue weighted by molar-refractivity contribution is 5.92. The standard InChI is InChI=1S/C13H18N4O4/c1-2-20-13(19)16-5-3-15(4-6-16)12(18)10-9-11-17(14-10)7-8-21-11/h9H,2-8H2,1H3. The van der Waals surface area contributed by atoms with Crippen LogP contribution in [0.15, 0.2) is 6.07 Å². The van der Waals surface area contributed by atoms with Crippen molar-refractivity contribution in [1.29, 1.82) is 0 Å². The van der Waals surface area contributed by atoms with Gasteiger partial charge in [0.05, 0.1) is 13.2 Å². The van der Waals surface area contributed by atoms with Crippen molar-refractivity contribution in [2.75, 3.05) is 39.4 Å². The fraction of sp³-hybridized carbons (Fsp3) is 0.615. The zero-order chi connectivity index (χ0) is 14.8. The molecule has 1 saturated heterocycles. The number of nitrogens with zero attached hydrogens (tertiary/aromatic N) is 4. The molecule has 2 aliphatic rings. The summed E-state index contributed by atoms with van der Waals surface area (Å²) >= 11 is 0. The summed E-state index contributed by atoms with van der Waals surface area (Å²) < 4.78 is 12.0. The maximum Gasteiger partial charge on any atom is 0.409 e. The van der Waals surface area contributed by atoms with Crippen molar-refractivity contribution in [3.8, 4) is 5.88 Å². The van der Waals surface area contributed by atoms with Gasteiger partial charge in [0, 0.05) is 32.2 Å². The molecule has 0 spiro atoms. The Bertz CT molecular complexity index is 527. The molecule has 0 N–H and O–H groups in total. The van der Waals surface area contributed by atoms with E-state index in [1.54, 1.807) is 27.5 Å². The van der Waals surface area contributed by atoms with Gasteiger partial charge in [0.1, 0.15) is 6.61 Å². The van der Waals surface area contributed by atoms with Crippen LogP contribution in [0.1, 0.15) is 17.4 Å². The molecule has 0 aliphatic carbocycles. The van der Waals surface area contributed by atoms with E-state index in [1.807, 2.05) is 0 Å². The number of hydrogen-bond acceptors (Lipinski definition) is 5. The average Bonchev–Trinajstić information content (AvgIpc) is 3.08. The summed E-state index contributed by atoms with van der Waals surface area (Å²) in [5, 5.41) is 4.24. The highest BCUT2D eigenvalue weighted by Gasteiger charge is 2.28. The number of hydrogen-bond donors (Lipinski definition) is 0. The van der Waals surface area contributed by atoms with E-state index in [1.165, 1.54) is 0 Å². The van der Waals surface area contributed by atoms with Gasteiger partial charge in [-0.25, -0.2) is 9.48 Å². The zero-order valence-corrected chi connectivity index (χ0v) is 11.9. The van der Waals surface area contributed by atoms with Crippen LogP contribution in [0.3, 0.4) is 0 Å². The van der Waals surface area contributed by atoms with Gasteiger partial charge in [-0.3, -0.25) is 4.79 Å². The van der Waals surface area contributed by atoms with Crippen LogP contribution in [-0.4, -0.2) is 71.0 Å². The first kappa shape index (κ1) is 13.7. The Balaban J connectivity index is 1.58. The van der Waals surface area contributed by atoms with Crippen molar-refractivity contribution in [1.82, 2.24) is 19.6 Å². The molecule has 1 aromatic rings. The molecule has 0 saturated carbocycles. The summed E-state index contributed by atoms with van der Waals surface area (Å²) in [4.78, 5) is 27.3. The summed E-state index contributed by atoms with van der Waals surface area (Å²) in [5.74, 6) is 0.521. The van der Waals surface area contributed by atoms with E-state index in [-0.39, 0.29) is 12.0 Å². The van der Waals surface area contributed by atoms with E-state index in [0.717, 1.165) is 0 Å². The van der Waals surface area contributed by atoms with E-state index in [0.29, 0.717) is 57.5 Å². The predicted octanol–water partition coefficient (Wildman–Crippen LogP) is 0.190. The highest BCUT2D eigenvalue weighted by Crippen LogP contribution is 2.19. The number of fused-ring (bicyclic) bond motifs is 1. The number of rotatable bonds is 2. The summed E-state index contributed by atoms with van der Waals surface area (Å²) in [5.41, 5.74) is 0.397. The summed E-state index contributed by atoms with van der Waals surface area (Å²) in [6.45, 7) is 5.36. The van der Waals surface area contributed by atoms with Gasteiger partial charge in [-0.1, -0.05) is 0 Å². The van der Waals surface area contributed by atoms with E-state index in [2.05, 4.69) is 5.10 Å². The van der Waals surface area contributed by atoms with Crippen molar-refractivity contribution >= 4 is 12.0 Å². The Morgan fingerprint density at radius 2 is 1.95 bits per heavy atom. The largest absolute Gasteiger partial charge is 0.476 e. The molecular formula is C13H18N4O4. The maximum absolute atomic E-state index is 12.4. The molecule has 2 amide bonds. The molecule has 3 heterocycles. The molecule has 114 valence electrons. The van der Waals surface area contributed by atoms with Gasteiger partial charge in [0.2, 0.25) is 5.88 Å². The second kappa shape index (κ2) is 5.63. The van der Waals surface area contributed by atoms with Crippen LogP contribution in [0, 0.1) is 0 Å². The second-order valence-electron chi connectivity index (χ2n) is 4.92. The van der Waals surface area contributed by atoms with Gasteiger partial charge in [0.15, 0.2) is 5.69 Å². The van der Waals surface area contributed by atoms with Gasteiger partial charge in [-0.2, -0.15) is 5.10 Å². The normalized spacial score (nSPS) is 17.4. The predicted molar refractivity (Wildman–Crippen MR) is 72.2 cm³/mol. The Kier molecular flexibility index (Phi) is 3.68. The van der Waals surface area contributed by atoms with E-state index in [9.17, 15) is 9.59 Å². The van der Waals surface area contributed by atoms with Gasteiger partial charge in [-0.05, 0) is 6.92 Å². The second-order valence-corrected chi connectivity index (χ2v) is 4.92. The van der Waals surface area contributed by atoms with Crippen molar-refractivity contribution in [3.05, 3.63) is 11.8 Å². The first-order valence-corrected chi connectivity index (χ1v) is 7.10. The molecule has 0 aromatic carbocycles. The third-order valence-electron chi connectivity index (χ3n) is 3.61. The Labute approximate surface area is 122 Å². The van der Waals surface area contributed by atoms with Crippen LogP contribution in [-0.2, 0) is 11.3 Å². The number of piperazine rings is 1. The van der Waals surface area contributed by atoms with Crippen LogP contribution in [0.2, 0.25) is 0 Å². The monoisotopic (exact) mass is 294 g/mol. The summed E-state index contributed by atoms with van der Waals surface area (Å²) in [6.07, 6.45) is -0.320. The zero-order valence-electron chi connectivity index (χ0n) is 11.9. The Morgan fingerprint density at radius 1 is 1.24 bits per heavy atom. The van der Waals surface area contributed by atoms with Crippen molar-refractivity contribution < 1.29 is 19.1 Å². The molecule has 1 aromatic heterocycles. The molecule has 2 aliphatic heterocycles. The van der Waals surface area contributed by atoms with Gasteiger partial charge in [-0.15, -0.1) is 0 Å². The Hall–Kier alpha value is -2.25. The fourth-order valence-electron chi connectivity index (χ4n) is 2.49. The van der Waals surface area contributed by atoms with E-state index in [4.69, 9.17) is 9.47 Å². The molecule has 21 heavy (non-hydrogen) atoms. The summed E-state index contributed by atoms with van der Waals surface area (Å²) in [7, 11) is 0. The molecule has 8 heteroatoms. The lowest BCUT2D eigenvalue weighted by Gasteiger charge is -2.33. The minimum absolute atomic E-state index is 0.121. The molecule has 0 bridgehead atoms. The number of aromatic nitrogens is 2. The van der Waals surface area contributed by atoms with Crippen molar-refractivity contribution in [2.45, 2.75) is 13.5 Å². The number of carbonyl (C=O) groups excluding carboxylic acids is 2. The highest BCUT2D eigenvalue weighted by atomic mass is 16.6. The van der Waals surface area contributed by atoms with Crippen LogP contribution < -0.4 is 4.74 Å². The SMILES string of the molecule is CCOC(=O)N1CCN(C(=O)c2cc3n(n2)CCO3)CC1. The van der Waals surface area contributed by atoms with E-state index >= 15 is 0 Å². The molecule has 8 nitrogen and oxygen atoms in total. The summed E-state index contributed by atoms with van der Waals surface area (Å²) in [6, 6.07) is 1.67. The molecule has 0 unspecified atom stereocenters.